The molecule has 0 saturated carbocycles. The molecule has 9 heteroatoms. The fraction of sp³-hybridized carbons (Fsp3) is 0.375. The summed E-state index contributed by atoms with van der Waals surface area (Å²) in [5.41, 5.74) is 2.83. The van der Waals surface area contributed by atoms with E-state index in [-0.39, 0.29) is 16.9 Å². The molecule has 0 fully saturated rings. The Balaban J connectivity index is 2.08. The number of nitrogens with one attached hydrogen (secondary N) is 1. The van der Waals surface area contributed by atoms with Crippen LogP contribution in [0.25, 0.3) is 6.08 Å². The van der Waals surface area contributed by atoms with E-state index in [2.05, 4.69) is 23.7 Å². The third-order valence-electron chi connectivity index (χ3n) is 5.14. The number of hydrogen-bond acceptors (Lipinski definition) is 6. The zero-order valence-corrected chi connectivity index (χ0v) is 19.5. The molecule has 0 spiro atoms. The monoisotopic (exact) mass is 452 g/mol. The van der Waals surface area contributed by atoms with Crippen molar-refractivity contribution >= 4 is 29.3 Å². The van der Waals surface area contributed by atoms with Crippen molar-refractivity contribution in [3.8, 4) is 6.07 Å². The summed E-state index contributed by atoms with van der Waals surface area (Å²) in [7, 11) is 0. The van der Waals surface area contributed by atoms with Crippen molar-refractivity contribution in [2.75, 3.05) is 11.9 Å². The fourth-order valence-electron chi connectivity index (χ4n) is 3.29. The summed E-state index contributed by atoms with van der Waals surface area (Å²) in [5, 5.41) is 23.0. The summed E-state index contributed by atoms with van der Waals surface area (Å²) in [6, 6.07) is 8.06. The molecule has 0 radical (unpaired) electrons. The molecule has 1 N–H and O–H groups in total. The summed E-state index contributed by atoms with van der Waals surface area (Å²) in [5.74, 6) is -1.15. The van der Waals surface area contributed by atoms with Gasteiger partial charge in [-0.15, -0.1) is 0 Å². The SMILES string of the molecule is Cc1ccc(NC(=O)COC(=O)/C(C#N)=C/c2cc(C)n(CCC(C)C)c2C)c([N+](=O)[O-])c1. The van der Waals surface area contributed by atoms with Gasteiger partial charge in [0.1, 0.15) is 17.3 Å². The number of aromatic nitrogens is 1. The third kappa shape index (κ3) is 6.77. The minimum atomic E-state index is -0.946. The summed E-state index contributed by atoms with van der Waals surface area (Å²) < 4.78 is 7.10. The van der Waals surface area contributed by atoms with E-state index in [1.807, 2.05) is 26.0 Å². The van der Waals surface area contributed by atoms with Gasteiger partial charge >= 0.3 is 5.97 Å². The highest BCUT2D eigenvalue weighted by atomic mass is 16.6. The molecule has 2 rings (SSSR count). The van der Waals surface area contributed by atoms with Gasteiger partial charge in [-0.25, -0.2) is 4.79 Å². The molecule has 0 aliphatic carbocycles. The van der Waals surface area contributed by atoms with Gasteiger partial charge in [-0.1, -0.05) is 19.9 Å². The van der Waals surface area contributed by atoms with Crippen molar-refractivity contribution in [3.05, 3.63) is 62.5 Å². The zero-order valence-electron chi connectivity index (χ0n) is 19.5. The van der Waals surface area contributed by atoms with E-state index in [9.17, 15) is 25.0 Å². The first-order valence-electron chi connectivity index (χ1n) is 10.5. The lowest BCUT2D eigenvalue weighted by Gasteiger charge is -2.11. The molecule has 0 saturated heterocycles. The maximum absolute atomic E-state index is 12.4. The molecule has 174 valence electrons. The van der Waals surface area contributed by atoms with Gasteiger partial charge in [0.15, 0.2) is 6.61 Å². The highest BCUT2D eigenvalue weighted by molar-refractivity contribution is 6.00. The first-order chi connectivity index (χ1) is 15.5. The number of nitro benzene ring substituents is 1. The predicted octanol–water partition coefficient (Wildman–Crippen LogP) is 4.46. The van der Waals surface area contributed by atoms with E-state index >= 15 is 0 Å². The predicted molar refractivity (Wildman–Crippen MR) is 124 cm³/mol. The van der Waals surface area contributed by atoms with Gasteiger partial charge in [0, 0.05) is 24.0 Å². The van der Waals surface area contributed by atoms with E-state index < -0.39 is 23.4 Å². The number of aryl methyl sites for hydroxylation is 2. The average Bonchev–Trinajstić information content (AvgIpc) is 3.02. The second-order valence-corrected chi connectivity index (χ2v) is 8.23. The van der Waals surface area contributed by atoms with Crippen molar-refractivity contribution in [3.63, 3.8) is 0 Å². The number of carbonyl (C=O) groups excluding carboxylic acids is 2. The number of amides is 1. The third-order valence-corrected chi connectivity index (χ3v) is 5.14. The Bertz CT molecular complexity index is 1140. The maximum atomic E-state index is 12.4. The molecule has 0 bridgehead atoms. The van der Waals surface area contributed by atoms with Crippen LogP contribution in [-0.4, -0.2) is 28.0 Å². The normalized spacial score (nSPS) is 11.2. The lowest BCUT2D eigenvalue weighted by Crippen LogP contribution is -2.22. The van der Waals surface area contributed by atoms with Crippen LogP contribution in [-0.2, 0) is 20.9 Å². The Morgan fingerprint density at radius 3 is 2.58 bits per heavy atom. The second kappa shape index (κ2) is 11.1. The Kier molecular flexibility index (Phi) is 8.51. The standard InChI is InChI=1S/C24H28N4O5/c1-15(2)8-9-27-17(4)11-19(18(27)5)12-20(13-25)24(30)33-14-23(29)26-21-7-6-16(3)10-22(21)28(31)32/h6-7,10-12,15H,8-9,14H2,1-5H3,(H,26,29)/b20-12+. The van der Waals surface area contributed by atoms with Gasteiger partial charge in [-0.2, -0.15) is 5.26 Å². The maximum Gasteiger partial charge on any atom is 0.349 e. The molecule has 2 aromatic rings. The van der Waals surface area contributed by atoms with Gasteiger partial charge in [0.05, 0.1) is 4.92 Å². The number of hydrogen-bond donors (Lipinski definition) is 1. The molecule has 0 aliphatic heterocycles. The lowest BCUT2D eigenvalue weighted by atomic mass is 10.1. The molecule has 0 atom stereocenters. The highest BCUT2D eigenvalue weighted by Crippen LogP contribution is 2.25. The number of nitriles is 1. The molecule has 33 heavy (non-hydrogen) atoms. The number of rotatable bonds is 9. The molecule has 1 aromatic heterocycles. The van der Waals surface area contributed by atoms with Crippen LogP contribution in [0.2, 0.25) is 0 Å². The fourth-order valence-corrected chi connectivity index (χ4v) is 3.29. The van der Waals surface area contributed by atoms with Crippen molar-refractivity contribution in [1.82, 2.24) is 4.57 Å². The smallest absolute Gasteiger partial charge is 0.349 e. The number of anilines is 1. The average molecular weight is 453 g/mol. The summed E-state index contributed by atoms with van der Waals surface area (Å²) >= 11 is 0. The molecule has 1 heterocycles. The van der Waals surface area contributed by atoms with Gasteiger partial charge in [-0.3, -0.25) is 14.9 Å². The topological polar surface area (TPSA) is 127 Å². The highest BCUT2D eigenvalue weighted by Gasteiger charge is 2.19. The Labute approximate surface area is 192 Å². The molecule has 1 amide bonds. The molecule has 9 nitrogen and oxygen atoms in total. The molecule has 1 aromatic carbocycles. The van der Waals surface area contributed by atoms with E-state index in [0.29, 0.717) is 11.5 Å². The molecule has 0 aliphatic rings. The van der Waals surface area contributed by atoms with Crippen LogP contribution in [0.5, 0.6) is 0 Å². The first kappa shape index (κ1) is 25.3. The zero-order chi connectivity index (χ0) is 24.7. The molecule has 0 unspecified atom stereocenters. The summed E-state index contributed by atoms with van der Waals surface area (Å²) in [4.78, 5) is 35.1. The molecular weight excluding hydrogens is 424 g/mol. The van der Waals surface area contributed by atoms with Gasteiger partial charge in [0.2, 0.25) is 0 Å². The summed E-state index contributed by atoms with van der Waals surface area (Å²) in [6.07, 6.45) is 2.44. The van der Waals surface area contributed by atoms with Gasteiger partial charge in [-0.05, 0) is 62.4 Å². The first-order valence-corrected chi connectivity index (χ1v) is 10.5. The number of nitro groups is 1. The van der Waals surface area contributed by atoms with E-state index in [1.165, 1.54) is 18.2 Å². The van der Waals surface area contributed by atoms with E-state index in [4.69, 9.17) is 4.74 Å². The van der Waals surface area contributed by atoms with Crippen LogP contribution in [0.1, 0.15) is 42.8 Å². The van der Waals surface area contributed by atoms with E-state index in [1.54, 1.807) is 13.0 Å². The van der Waals surface area contributed by atoms with Crippen molar-refractivity contribution in [1.29, 1.82) is 5.26 Å². The number of nitrogens with zero attached hydrogens (tertiary/aromatic N) is 3. The Morgan fingerprint density at radius 2 is 1.97 bits per heavy atom. The van der Waals surface area contributed by atoms with Crippen LogP contribution in [0.15, 0.2) is 29.8 Å². The van der Waals surface area contributed by atoms with Crippen molar-refractivity contribution in [2.45, 2.75) is 47.6 Å². The number of benzene rings is 1. The van der Waals surface area contributed by atoms with Crippen LogP contribution in [0.3, 0.4) is 0 Å². The van der Waals surface area contributed by atoms with Crippen LogP contribution >= 0.6 is 0 Å². The number of carbonyl (C=O) groups is 2. The number of ether oxygens (including phenoxy) is 1. The number of esters is 1. The lowest BCUT2D eigenvalue weighted by molar-refractivity contribution is -0.384. The second-order valence-electron chi connectivity index (χ2n) is 8.23. The largest absolute Gasteiger partial charge is 0.451 e. The minimum Gasteiger partial charge on any atom is -0.451 e. The van der Waals surface area contributed by atoms with Gasteiger partial charge in [0.25, 0.3) is 11.6 Å². The quantitative estimate of drug-likeness (QED) is 0.197. The van der Waals surface area contributed by atoms with Crippen molar-refractivity contribution in [2.24, 2.45) is 5.92 Å². The van der Waals surface area contributed by atoms with Crippen LogP contribution in [0, 0.1) is 48.1 Å². The van der Waals surface area contributed by atoms with Crippen LogP contribution < -0.4 is 5.32 Å². The van der Waals surface area contributed by atoms with E-state index in [0.717, 1.165) is 29.9 Å². The summed E-state index contributed by atoms with van der Waals surface area (Å²) in [6.45, 7) is 10.0. The Morgan fingerprint density at radius 1 is 1.27 bits per heavy atom. The molecular formula is C24H28N4O5. The van der Waals surface area contributed by atoms with Crippen molar-refractivity contribution < 1.29 is 19.2 Å². The van der Waals surface area contributed by atoms with Crippen LogP contribution in [0.4, 0.5) is 11.4 Å². The Hall–Kier alpha value is -3.93. The van der Waals surface area contributed by atoms with Gasteiger partial charge < -0.3 is 14.6 Å². The minimum absolute atomic E-state index is 0.00321.